The van der Waals surface area contributed by atoms with E-state index in [1.165, 1.54) is 18.6 Å². The van der Waals surface area contributed by atoms with E-state index in [9.17, 15) is 18.0 Å². The van der Waals surface area contributed by atoms with Gasteiger partial charge in [-0.15, -0.1) is 0 Å². The van der Waals surface area contributed by atoms with Crippen LogP contribution in [0.4, 0.5) is 0 Å². The number of rotatable bonds is 4. The number of aromatic nitrogens is 2. The van der Waals surface area contributed by atoms with Crippen LogP contribution in [0.2, 0.25) is 0 Å². The van der Waals surface area contributed by atoms with E-state index in [2.05, 4.69) is 20.2 Å². The molecule has 1 aromatic rings. The summed E-state index contributed by atoms with van der Waals surface area (Å²) in [5, 5.41) is 2.55. The van der Waals surface area contributed by atoms with Gasteiger partial charge in [0.25, 0.3) is 5.91 Å². The Morgan fingerprint density at radius 1 is 1.20 bits per heavy atom. The molecule has 0 bridgehead atoms. The van der Waals surface area contributed by atoms with Crippen molar-refractivity contribution in [2.75, 3.05) is 44.2 Å². The maximum atomic E-state index is 12.2. The molecule has 2 fully saturated rings. The number of nitrogens with one attached hydrogen (secondary N) is 1. The molecular weight excluding hydrogens is 346 g/mol. The second-order valence-electron chi connectivity index (χ2n) is 6.25. The van der Waals surface area contributed by atoms with Gasteiger partial charge in [-0.1, -0.05) is 0 Å². The van der Waals surface area contributed by atoms with Crippen molar-refractivity contribution in [1.29, 1.82) is 0 Å². The predicted octanol–water partition coefficient (Wildman–Crippen LogP) is -1.46. The molecule has 0 spiro atoms. The number of sulfone groups is 1. The van der Waals surface area contributed by atoms with E-state index in [0.717, 1.165) is 0 Å². The van der Waals surface area contributed by atoms with Crippen LogP contribution in [0.5, 0.6) is 0 Å². The molecule has 3 rings (SSSR count). The first-order valence-electron chi connectivity index (χ1n) is 8.21. The molecule has 0 unspecified atom stereocenters. The molecule has 1 aromatic heterocycles. The molecule has 1 N–H and O–H groups in total. The summed E-state index contributed by atoms with van der Waals surface area (Å²) < 4.78 is 23.2. The van der Waals surface area contributed by atoms with Crippen LogP contribution in [-0.2, 0) is 14.6 Å². The third-order valence-electron chi connectivity index (χ3n) is 4.59. The third-order valence-corrected chi connectivity index (χ3v) is 6.34. The van der Waals surface area contributed by atoms with Gasteiger partial charge in [0.1, 0.15) is 5.69 Å². The van der Waals surface area contributed by atoms with Gasteiger partial charge in [-0.25, -0.2) is 13.4 Å². The summed E-state index contributed by atoms with van der Waals surface area (Å²) in [5.74, 6) is -0.118. The van der Waals surface area contributed by atoms with Crippen molar-refractivity contribution in [3.8, 4) is 0 Å². The Hall–Kier alpha value is -2.07. The van der Waals surface area contributed by atoms with E-state index >= 15 is 0 Å². The molecule has 10 heteroatoms. The molecule has 0 aliphatic carbocycles. The van der Waals surface area contributed by atoms with Gasteiger partial charge < -0.3 is 10.2 Å². The summed E-state index contributed by atoms with van der Waals surface area (Å²) in [7, 11) is -2.90. The molecule has 25 heavy (non-hydrogen) atoms. The highest BCUT2D eigenvalue weighted by atomic mass is 32.2. The average Bonchev–Trinajstić information content (AvgIpc) is 3.00. The summed E-state index contributed by atoms with van der Waals surface area (Å²) in [4.78, 5) is 35.6. The molecule has 136 valence electrons. The Balaban J connectivity index is 1.43. The number of hydrogen-bond donors (Lipinski definition) is 1. The van der Waals surface area contributed by atoms with Crippen molar-refractivity contribution in [2.24, 2.45) is 0 Å². The van der Waals surface area contributed by atoms with Crippen LogP contribution in [0.1, 0.15) is 16.9 Å². The maximum Gasteiger partial charge on any atom is 0.271 e. The second-order valence-corrected chi connectivity index (χ2v) is 8.48. The van der Waals surface area contributed by atoms with Crippen LogP contribution >= 0.6 is 0 Å². The lowest BCUT2D eigenvalue weighted by Gasteiger charge is -2.37. The molecule has 2 amide bonds. The summed E-state index contributed by atoms with van der Waals surface area (Å²) in [6.45, 7) is 2.30. The minimum Gasteiger partial charge on any atom is -0.342 e. The van der Waals surface area contributed by atoms with Crippen molar-refractivity contribution >= 4 is 21.7 Å². The number of carbonyl (C=O) groups excluding carboxylic acids is 2. The zero-order valence-electron chi connectivity index (χ0n) is 13.8. The van der Waals surface area contributed by atoms with Crippen LogP contribution in [0.15, 0.2) is 18.6 Å². The van der Waals surface area contributed by atoms with Gasteiger partial charge in [-0.05, 0) is 6.42 Å². The highest BCUT2D eigenvalue weighted by Crippen LogP contribution is 2.19. The van der Waals surface area contributed by atoms with Crippen molar-refractivity contribution in [1.82, 2.24) is 25.1 Å². The zero-order valence-corrected chi connectivity index (χ0v) is 14.6. The highest BCUT2D eigenvalue weighted by Gasteiger charge is 2.34. The molecule has 0 radical (unpaired) electrons. The van der Waals surface area contributed by atoms with E-state index in [-0.39, 0.29) is 35.7 Å². The SMILES string of the molecule is O=C(NCC(=O)N1CCN([C@@H]2CCS(=O)(=O)C2)CC1)c1cnccn1. The third kappa shape index (κ3) is 4.51. The minimum absolute atomic E-state index is 0.0682. The summed E-state index contributed by atoms with van der Waals surface area (Å²) in [6, 6.07) is 0.0682. The van der Waals surface area contributed by atoms with Crippen molar-refractivity contribution < 1.29 is 18.0 Å². The molecule has 2 saturated heterocycles. The molecule has 0 saturated carbocycles. The fraction of sp³-hybridized carbons (Fsp3) is 0.600. The van der Waals surface area contributed by atoms with Crippen LogP contribution in [0, 0.1) is 0 Å². The maximum absolute atomic E-state index is 12.2. The molecule has 2 aliphatic heterocycles. The lowest BCUT2D eigenvalue weighted by molar-refractivity contribution is -0.132. The van der Waals surface area contributed by atoms with E-state index in [4.69, 9.17) is 0 Å². The molecular formula is C15H21N5O4S. The fourth-order valence-corrected chi connectivity index (χ4v) is 4.94. The number of amides is 2. The standard InChI is InChI=1S/C15H21N5O4S/c21-14(10-18-15(22)13-9-16-2-3-17-13)20-6-4-19(5-7-20)12-1-8-25(23,24)11-12/h2-3,9,12H,1,4-8,10-11H2,(H,18,22)/t12-/m1/s1. The smallest absolute Gasteiger partial charge is 0.271 e. The van der Waals surface area contributed by atoms with E-state index in [0.29, 0.717) is 32.6 Å². The van der Waals surface area contributed by atoms with Crippen LogP contribution in [0.3, 0.4) is 0 Å². The Labute approximate surface area is 146 Å². The Kier molecular flexibility index (Phi) is 5.28. The first-order chi connectivity index (χ1) is 11.9. The highest BCUT2D eigenvalue weighted by molar-refractivity contribution is 7.91. The van der Waals surface area contributed by atoms with Gasteiger partial charge in [0, 0.05) is 44.6 Å². The number of carbonyl (C=O) groups is 2. The van der Waals surface area contributed by atoms with E-state index < -0.39 is 15.7 Å². The average molecular weight is 367 g/mol. The van der Waals surface area contributed by atoms with E-state index in [1.54, 1.807) is 4.90 Å². The quantitative estimate of drug-likeness (QED) is 0.692. The Morgan fingerprint density at radius 3 is 2.56 bits per heavy atom. The van der Waals surface area contributed by atoms with Gasteiger partial charge in [0.15, 0.2) is 9.84 Å². The fourth-order valence-electron chi connectivity index (χ4n) is 3.17. The minimum atomic E-state index is -2.90. The van der Waals surface area contributed by atoms with Crippen molar-refractivity contribution in [3.63, 3.8) is 0 Å². The lowest BCUT2D eigenvalue weighted by atomic mass is 10.2. The van der Waals surface area contributed by atoms with Crippen LogP contribution < -0.4 is 5.32 Å². The summed E-state index contributed by atoms with van der Waals surface area (Å²) in [6.07, 6.45) is 4.90. The van der Waals surface area contributed by atoms with Gasteiger partial charge in [0.2, 0.25) is 5.91 Å². The Morgan fingerprint density at radius 2 is 1.96 bits per heavy atom. The first-order valence-corrected chi connectivity index (χ1v) is 10.0. The molecule has 9 nitrogen and oxygen atoms in total. The normalized spacial score (nSPS) is 23.4. The number of piperazine rings is 1. The molecule has 1 atom stereocenters. The summed E-state index contributed by atoms with van der Waals surface area (Å²) >= 11 is 0. The lowest BCUT2D eigenvalue weighted by Crippen LogP contribution is -2.54. The van der Waals surface area contributed by atoms with Gasteiger partial charge in [-0.2, -0.15) is 0 Å². The van der Waals surface area contributed by atoms with Crippen LogP contribution in [0.25, 0.3) is 0 Å². The molecule has 3 heterocycles. The van der Waals surface area contributed by atoms with Crippen molar-refractivity contribution in [3.05, 3.63) is 24.3 Å². The monoisotopic (exact) mass is 367 g/mol. The largest absolute Gasteiger partial charge is 0.342 e. The van der Waals surface area contributed by atoms with Gasteiger partial charge in [0.05, 0.1) is 24.2 Å². The predicted molar refractivity (Wildman–Crippen MR) is 89.6 cm³/mol. The van der Waals surface area contributed by atoms with E-state index in [1.807, 2.05) is 0 Å². The second kappa shape index (κ2) is 7.44. The van der Waals surface area contributed by atoms with Gasteiger partial charge >= 0.3 is 0 Å². The van der Waals surface area contributed by atoms with Crippen LogP contribution in [-0.4, -0.2) is 90.3 Å². The molecule has 0 aromatic carbocycles. The molecule has 2 aliphatic rings. The Bertz CT molecular complexity index is 732. The zero-order chi connectivity index (χ0) is 17.9. The summed E-state index contributed by atoms with van der Waals surface area (Å²) in [5.41, 5.74) is 0.169. The number of nitrogens with zero attached hydrogens (tertiary/aromatic N) is 4. The van der Waals surface area contributed by atoms with Gasteiger partial charge in [-0.3, -0.25) is 19.5 Å². The first kappa shape index (κ1) is 17.7. The topological polar surface area (TPSA) is 113 Å². The number of hydrogen-bond acceptors (Lipinski definition) is 7. The van der Waals surface area contributed by atoms with Crippen molar-refractivity contribution in [2.45, 2.75) is 12.5 Å².